The van der Waals surface area contributed by atoms with E-state index in [1.807, 2.05) is 12.1 Å². The Morgan fingerprint density at radius 2 is 1.70 bits per heavy atom. The molecule has 1 aromatic carbocycles. The highest BCUT2D eigenvalue weighted by Crippen LogP contribution is 2.48. The van der Waals surface area contributed by atoms with Crippen LogP contribution in [0.3, 0.4) is 0 Å². The molecule has 1 spiro atoms. The Bertz CT molecular complexity index is 849. The van der Waals surface area contributed by atoms with Crippen LogP contribution < -0.4 is 0 Å². The second-order valence-electron chi connectivity index (χ2n) is 10.2. The topological polar surface area (TPSA) is 60.9 Å². The van der Waals surface area contributed by atoms with E-state index < -0.39 is 15.6 Å². The van der Waals surface area contributed by atoms with E-state index in [1.54, 1.807) is 10.4 Å². The molecule has 6 heteroatoms. The number of fused-ring (bicyclic) bond motifs is 1. The van der Waals surface area contributed by atoms with Crippen LogP contribution in [-0.2, 0) is 22.9 Å². The summed E-state index contributed by atoms with van der Waals surface area (Å²) in [7, 11) is -1.32. The minimum Gasteiger partial charge on any atom is -0.389 e. The van der Waals surface area contributed by atoms with Crippen LogP contribution in [0.2, 0.25) is 0 Å². The second-order valence-corrected chi connectivity index (χ2v) is 12.1. The van der Waals surface area contributed by atoms with Gasteiger partial charge in [-0.2, -0.15) is 4.31 Å². The first-order valence-corrected chi connectivity index (χ1v) is 13.2. The molecule has 1 saturated heterocycles. The Morgan fingerprint density at radius 1 is 1.03 bits per heavy atom. The number of rotatable bonds is 6. The standard InChI is InChI=1S/C24H38N2O3S/c1-3-15-25(2)19-24(27)11-9-23(10-12-24)13-16-26(17-14-23)30(28,29)22-8-7-20-5-4-6-21(20)18-22/h7-8,18,27H,3-6,9-17,19H2,1-2H3. The van der Waals surface area contributed by atoms with Gasteiger partial charge in [0.05, 0.1) is 10.5 Å². The molecule has 0 atom stereocenters. The molecule has 0 aromatic heterocycles. The number of piperidine rings is 1. The summed E-state index contributed by atoms with van der Waals surface area (Å²) in [5.41, 5.74) is 2.15. The normalized spacial score (nSPS) is 23.7. The van der Waals surface area contributed by atoms with Crippen molar-refractivity contribution in [3.8, 4) is 0 Å². The van der Waals surface area contributed by atoms with Crippen LogP contribution in [0, 0.1) is 5.41 Å². The van der Waals surface area contributed by atoms with Gasteiger partial charge in [0, 0.05) is 19.6 Å². The second kappa shape index (κ2) is 8.53. The largest absolute Gasteiger partial charge is 0.389 e. The van der Waals surface area contributed by atoms with Gasteiger partial charge in [-0.05, 0) is 106 Å². The van der Waals surface area contributed by atoms with Gasteiger partial charge in [0.1, 0.15) is 0 Å². The smallest absolute Gasteiger partial charge is 0.243 e. The quantitative estimate of drug-likeness (QED) is 0.743. The molecule has 3 aliphatic rings. The molecule has 4 rings (SSSR count). The van der Waals surface area contributed by atoms with E-state index >= 15 is 0 Å². The van der Waals surface area contributed by atoms with Gasteiger partial charge < -0.3 is 10.0 Å². The van der Waals surface area contributed by atoms with Crippen LogP contribution in [0.1, 0.15) is 69.4 Å². The molecule has 2 aliphatic carbocycles. The summed E-state index contributed by atoms with van der Waals surface area (Å²) in [6, 6.07) is 5.73. The lowest BCUT2D eigenvalue weighted by Crippen LogP contribution is -2.50. The molecule has 1 N–H and O–H groups in total. The lowest BCUT2D eigenvalue weighted by Gasteiger charge is -2.48. The van der Waals surface area contributed by atoms with Crippen LogP contribution >= 0.6 is 0 Å². The third-order valence-corrected chi connectivity index (χ3v) is 9.80. The fraction of sp³-hybridized carbons (Fsp3) is 0.750. The maximum atomic E-state index is 13.2. The van der Waals surface area contributed by atoms with Crippen molar-refractivity contribution >= 4 is 10.0 Å². The van der Waals surface area contributed by atoms with Crippen molar-refractivity contribution in [3.05, 3.63) is 29.3 Å². The third kappa shape index (κ3) is 4.47. The van der Waals surface area contributed by atoms with Gasteiger partial charge in [0.2, 0.25) is 10.0 Å². The maximum Gasteiger partial charge on any atom is 0.243 e. The van der Waals surface area contributed by atoms with E-state index in [2.05, 4.69) is 18.9 Å². The van der Waals surface area contributed by atoms with Crippen LogP contribution in [0.25, 0.3) is 0 Å². The van der Waals surface area contributed by atoms with Gasteiger partial charge in [-0.3, -0.25) is 0 Å². The number of aliphatic hydroxyl groups is 1. The summed E-state index contributed by atoms with van der Waals surface area (Å²) < 4.78 is 28.1. The van der Waals surface area contributed by atoms with Crippen molar-refractivity contribution in [1.82, 2.24) is 9.21 Å². The lowest BCUT2D eigenvalue weighted by molar-refractivity contribution is -0.0621. The Hall–Kier alpha value is -0.950. The van der Waals surface area contributed by atoms with Gasteiger partial charge >= 0.3 is 0 Å². The van der Waals surface area contributed by atoms with Gasteiger partial charge in [0.15, 0.2) is 0 Å². The van der Waals surface area contributed by atoms with Crippen molar-refractivity contribution in [2.45, 2.75) is 81.6 Å². The molecular weight excluding hydrogens is 396 g/mol. The van der Waals surface area contributed by atoms with E-state index in [0.717, 1.165) is 77.3 Å². The molecular formula is C24H38N2O3S. The molecule has 2 fully saturated rings. The lowest BCUT2D eigenvalue weighted by atomic mass is 9.64. The highest BCUT2D eigenvalue weighted by atomic mass is 32.2. The SMILES string of the molecule is CCCN(C)CC1(O)CCC2(CCN(S(=O)(=O)c3ccc4c(c3)CCC4)CC2)CC1. The molecule has 5 nitrogen and oxygen atoms in total. The highest BCUT2D eigenvalue weighted by Gasteiger charge is 2.45. The number of nitrogens with zero attached hydrogens (tertiary/aromatic N) is 2. The highest BCUT2D eigenvalue weighted by molar-refractivity contribution is 7.89. The fourth-order valence-corrected chi connectivity index (χ4v) is 7.42. The number of sulfonamides is 1. The molecule has 168 valence electrons. The average molecular weight is 435 g/mol. The molecule has 0 radical (unpaired) electrons. The molecule has 0 amide bonds. The van der Waals surface area contributed by atoms with Crippen molar-refractivity contribution in [3.63, 3.8) is 0 Å². The van der Waals surface area contributed by atoms with E-state index in [4.69, 9.17) is 0 Å². The first-order valence-electron chi connectivity index (χ1n) is 11.8. The summed E-state index contributed by atoms with van der Waals surface area (Å²) in [6.07, 6.45) is 9.82. The predicted molar refractivity (Wildman–Crippen MR) is 120 cm³/mol. The Morgan fingerprint density at radius 3 is 2.37 bits per heavy atom. The van der Waals surface area contributed by atoms with Crippen LogP contribution in [0.5, 0.6) is 0 Å². The molecule has 1 saturated carbocycles. The summed E-state index contributed by atoms with van der Waals surface area (Å²) >= 11 is 0. The predicted octanol–water partition coefficient (Wildman–Crippen LogP) is 3.59. The molecule has 0 unspecified atom stereocenters. The molecule has 30 heavy (non-hydrogen) atoms. The zero-order valence-electron chi connectivity index (χ0n) is 18.7. The minimum absolute atomic E-state index is 0.208. The number of hydrogen-bond donors (Lipinski definition) is 1. The fourth-order valence-electron chi connectivity index (χ4n) is 5.93. The first kappa shape index (κ1) is 22.3. The van der Waals surface area contributed by atoms with Crippen LogP contribution in [0.15, 0.2) is 23.1 Å². The van der Waals surface area contributed by atoms with E-state index in [1.165, 1.54) is 11.1 Å². The summed E-state index contributed by atoms with van der Waals surface area (Å²) in [4.78, 5) is 2.71. The molecule has 1 aliphatic heterocycles. The van der Waals surface area contributed by atoms with E-state index in [9.17, 15) is 13.5 Å². The van der Waals surface area contributed by atoms with Gasteiger partial charge in [-0.15, -0.1) is 0 Å². The summed E-state index contributed by atoms with van der Waals surface area (Å²) in [6.45, 7) is 5.14. The zero-order valence-corrected chi connectivity index (χ0v) is 19.5. The number of benzene rings is 1. The van der Waals surface area contributed by atoms with Crippen molar-refractivity contribution in [1.29, 1.82) is 0 Å². The molecule has 1 heterocycles. The van der Waals surface area contributed by atoms with Crippen molar-refractivity contribution in [2.24, 2.45) is 5.41 Å². The Labute approximate surface area is 182 Å². The number of hydrogen-bond acceptors (Lipinski definition) is 4. The van der Waals surface area contributed by atoms with Crippen molar-refractivity contribution in [2.75, 3.05) is 33.2 Å². The summed E-state index contributed by atoms with van der Waals surface area (Å²) in [5, 5.41) is 11.0. The Kier molecular flexibility index (Phi) is 6.33. The van der Waals surface area contributed by atoms with Crippen molar-refractivity contribution < 1.29 is 13.5 Å². The van der Waals surface area contributed by atoms with Crippen LogP contribution in [0.4, 0.5) is 0 Å². The monoisotopic (exact) mass is 434 g/mol. The summed E-state index contributed by atoms with van der Waals surface area (Å²) in [5.74, 6) is 0. The maximum absolute atomic E-state index is 13.2. The van der Waals surface area contributed by atoms with Crippen LogP contribution in [-0.4, -0.2) is 61.6 Å². The zero-order chi connectivity index (χ0) is 21.4. The number of likely N-dealkylation sites (N-methyl/N-ethyl adjacent to an activating group) is 1. The minimum atomic E-state index is -3.41. The third-order valence-electron chi connectivity index (χ3n) is 7.90. The van der Waals surface area contributed by atoms with Gasteiger partial charge in [0.25, 0.3) is 0 Å². The van der Waals surface area contributed by atoms with Gasteiger partial charge in [-0.1, -0.05) is 13.0 Å². The van der Waals surface area contributed by atoms with E-state index in [-0.39, 0.29) is 5.41 Å². The Balaban J connectivity index is 1.36. The van der Waals surface area contributed by atoms with Gasteiger partial charge in [-0.25, -0.2) is 8.42 Å². The average Bonchev–Trinajstić information content (AvgIpc) is 3.19. The molecule has 1 aromatic rings. The molecule has 0 bridgehead atoms. The first-order chi connectivity index (χ1) is 14.3. The number of aryl methyl sites for hydroxylation is 2. The van der Waals surface area contributed by atoms with E-state index in [0.29, 0.717) is 18.0 Å².